The van der Waals surface area contributed by atoms with Crippen LogP contribution in [0.15, 0.2) is 114 Å². The van der Waals surface area contributed by atoms with Gasteiger partial charge >= 0.3 is 0 Å². The molecule has 1 aromatic heterocycles. The highest BCUT2D eigenvalue weighted by molar-refractivity contribution is 6.26. The molecule has 0 aliphatic rings. The Hall–Kier alpha value is -4.36. The maximum Gasteiger partial charge on any atom is 0.143 e. The molecule has 152 valence electrons. The summed E-state index contributed by atoms with van der Waals surface area (Å²) >= 11 is 0. The standard InChI is InChI=1S/C32H18O/c1-2-8-23-19(5-1)13-18-28-27-10-4-9-26(32(27)33-31(23)28)24-16-14-22-12-11-20-6-3-7-21-15-17-25(24)30(22)29(20)21/h1-18H. The predicted octanol–water partition coefficient (Wildman–Crippen LogP) is 9.30. The largest absolute Gasteiger partial charge is 0.455 e. The van der Waals surface area contributed by atoms with Crippen LogP contribution in [0.3, 0.4) is 0 Å². The topological polar surface area (TPSA) is 13.1 Å². The zero-order chi connectivity index (χ0) is 21.5. The zero-order valence-electron chi connectivity index (χ0n) is 17.8. The molecule has 0 radical (unpaired) electrons. The molecule has 1 nitrogen and oxygen atoms in total. The van der Waals surface area contributed by atoms with Gasteiger partial charge in [0.1, 0.15) is 11.2 Å². The lowest BCUT2D eigenvalue weighted by atomic mass is 9.89. The molecule has 0 spiro atoms. The molecule has 1 heterocycles. The van der Waals surface area contributed by atoms with Crippen LogP contribution in [0.2, 0.25) is 0 Å². The van der Waals surface area contributed by atoms with E-state index in [9.17, 15) is 0 Å². The van der Waals surface area contributed by atoms with Gasteiger partial charge in [-0.1, -0.05) is 103 Å². The van der Waals surface area contributed by atoms with Crippen LogP contribution in [0.25, 0.3) is 76.2 Å². The predicted molar refractivity (Wildman–Crippen MR) is 140 cm³/mol. The summed E-state index contributed by atoms with van der Waals surface area (Å²) in [6.45, 7) is 0. The number of hydrogen-bond acceptors (Lipinski definition) is 1. The SMILES string of the molecule is c1ccc2c(c1)ccc1c3cccc(-c4ccc5ccc6cccc7ccc4c5c67)c3oc21. The number of fused-ring (bicyclic) bond motifs is 5. The Morgan fingerprint density at radius 2 is 0.939 bits per heavy atom. The normalized spacial score (nSPS) is 12.2. The Morgan fingerprint density at radius 1 is 0.333 bits per heavy atom. The number of benzene rings is 7. The molecule has 7 aromatic carbocycles. The van der Waals surface area contributed by atoms with Gasteiger partial charge in [-0.15, -0.1) is 0 Å². The van der Waals surface area contributed by atoms with Gasteiger partial charge in [-0.25, -0.2) is 0 Å². The average Bonchev–Trinajstić information content (AvgIpc) is 3.27. The molecule has 8 aromatic rings. The second kappa shape index (κ2) is 6.11. The average molecular weight is 418 g/mol. The van der Waals surface area contributed by atoms with Crippen molar-refractivity contribution in [2.24, 2.45) is 0 Å². The summed E-state index contributed by atoms with van der Waals surface area (Å²) in [6, 6.07) is 39.4. The Bertz CT molecular complexity index is 2010. The maximum absolute atomic E-state index is 6.64. The first-order valence-corrected chi connectivity index (χ1v) is 11.4. The van der Waals surface area contributed by atoms with Gasteiger partial charge in [-0.3, -0.25) is 0 Å². The van der Waals surface area contributed by atoms with E-state index < -0.39 is 0 Å². The minimum atomic E-state index is 0.957. The van der Waals surface area contributed by atoms with Crippen molar-refractivity contribution >= 4 is 65.0 Å². The molecule has 33 heavy (non-hydrogen) atoms. The van der Waals surface area contributed by atoms with E-state index in [4.69, 9.17) is 4.42 Å². The zero-order valence-corrected chi connectivity index (χ0v) is 17.8. The van der Waals surface area contributed by atoms with E-state index in [1.807, 2.05) is 0 Å². The quantitative estimate of drug-likeness (QED) is 0.242. The molecular formula is C32H18O. The van der Waals surface area contributed by atoms with Gasteiger partial charge in [0.05, 0.1) is 0 Å². The van der Waals surface area contributed by atoms with Crippen molar-refractivity contribution in [3.8, 4) is 11.1 Å². The number of para-hydroxylation sites is 1. The number of hydrogen-bond donors (Lipinski definition) is 0. The van der Waals surface area contributed by atoms with Crippen LogP contribution >= 0.6 is 0 Å². The summed E-state index contributed by atoms with van der Waals surface area (Å²) in [5, 5.41) is 12.5. The molecule has 0 atom stereocenters. The van der Waals surface area contributed by atoms with Crippen molar-refractivity contribution in [3.05, 3.63) is 109 Å². The molecule has 0 saturated heterocycles. The Balaban J connectivity index is 1.52. The van der Waals surface area contributed by atoms with Gasteiger partial charge in [0.15, 0.2) is 0 Å². The first kappa shape index (κ1) is 17.2. The summed E-state index contributed by atoms with van der Waals surface area (Å²) in [5.41, 5.74) is 4.28. The highest BCUT2D eigenvalue weighted by Crippen LogP contribution is 2.43. The van der Waals surface area contributed by atoms with Crippen LogP contribution in [-0.2, 0) is 0 Å². The summed E-state index contributed by atoms with van der Waals surface area (Å²) in [5.74, 6) is 0. The molecule has 1 heteroatoms. The number of rotatable bonds is 1. The molecule has 0 bridgehead atoms. The molecule has 0 fully saturated rings. The van der Waals surface area contributed by atoms with Crippen LogP contribution < -0.4 is 0 Å². The third-order valence-electron chi connectivity index (χ3n) is 7.21. The van der Waals surface area contributed by atoms with Crippen LogP contribution in [0.4, 0.5) is 0 Å². The maximum atomic E-state index is 6.64. The Kier molecular flexibility index (Phi) is 3.19. The highest BCUT2D eigenvalue weighted by Gasteiger charge is 2.17. The van der Waals surface area contributed by atoms with Gasteiger partial charge in [0, 0.05) is 21.7 Å². The van der Waals surface area contributed by atoms with E-state index in [0.29, 0.717) is 0 Å². The second-order valence-electron chi connectivity index (χ2n) is 8.92. The summed E-state index contributed by atoms with van der Waals surface area (Å²) in [6.07, 6.45) is 0. The fourth-order valence-electron chi connectivity index (χ4n) is 5.71. The lowest BCUT2D eigenvalue weighted by molar-refractivity contribution is 0.674. The van der Waals surface area contributed by atoms with Crippen LogP contribution in [0.5, 0.6) is 0 Å². The van der Waals surface area contributed by atoms with Gasteiger partial charge in [-0.2, -0.15) is 0 Å². The third-order valence-corrected chi connectivity index (χ3v) is 7.21. The van der Waals surface area contributed by atoms with Crippen LogP contribution in [0.1, 0.15) is 0 Å². The number of furan rings is 1. The summed E-state index contributed by atoms with van der Waals surface area (Å²) in [4.78, 5) is 0. The van der Waals surface area contributed by atoms with Crippen molar-refractivity contribution in [1.29, 1.82) is 0 Å². The van der Waals surface area contributed by atoms with Gasteiger partial charge < -0.3 is 4.42 Å². The van der Waals surface area contributed by atoms with Crippen molar-refractivity contribution in [3.63, 3.8) is 0 Å². The van der Waals surface area contributed by atoms with E-state index in [1.54, 1.807) is 0 Å². The van der Waals surface area contributed by atoms with Crippen LogP contribution in [-0.4, -0.2) is 0 Å². The van der Waals surface area contributed by atoms with E-state index in [0.717, 1.165) is 22.1 Å². The van der Waals surface area contributed by atoms with Crippen molar-refractivity contribution in [2.45, 2.75) is 0 Å². The fourth-order valence-corrected chi connectivity index (χ4v) is 5.71. The fraction of sp³-hybridized carbons (Fsp3) is 0. The second-order valence-corrected chi connectivity index (χ2v) is 8.92. The van der Waals surface area contributed by atoms with E-state index >= 15 is 0 Å². The first-order valence-electron chi connectivity index (χ1n) is 11.4. The third kappa shape index (κ3) is 2.21. The highest BCUT2D eigenvalue weighted by atomic mass is 16.3. The van der Waals surface area contributed by atoms with Crippen molar-refractivity contribution in [2.75, 3.05) is 0 Å². The van der Waals surface area contributed by atoms with Crippen molar-refractivity contribution < 1.29 is 4.42 Å². The lowest BCUT2D eigenvalue weighted by Crippen LogP contribution is -1.87. The van der Waals surface area contributed by atoms with Crippen LogP contribution in [0, 0.1) is 0 Å². The summed E-state index contributed by atoms with van der Waals surface area (Å²) in [7, 11) is 0. The molecule has 0 aliphatic carbocycles. The molecular weight excluding hydrogens is 400 g/mol. The van der Waals surface area contributed by atoms with Gasteiger partial charge in [0.2, 0.25) is 0 Å². The van der Waals surface area contributed by atoms with Crippen molar-refractivity contribution in [1.82, 2.24) is 0 Å². The molecule has 0 amide bonds. The van der Waals surface area contributed by atoms with Gasteiger partial charge in [0.25, 0.3) is 0 Å². The van der Waals surface area contributed by atoms with E-state index in [-0.39, 0.29) is 0 Å². The Morgan fingerprint density at radius 3 is 1.85 bits per heavy atom. The monoisotopic (exact) mass is 418 g/mol. The molecule has 0 saturated carbocycles. The smallest absolute Gasteiger partial charge is 0.143 e. The minimum absolute atomic E-state index is 0.957. The molecule has 0 N–H and O–H groups in total. The summed E-state index contributed by atoms with van der Waals surface area (Å²) < 4.78 is 6.64. The van der Waals surface area contributed by atoms with Gasteiger partial charge in [-0.05, 0) is 49.3 Å². The van der Waals surface area contributed by atoms with E-state index in [2.05, 4.69) is 109 Å². The lowest BCUT2D eigenvalue weighted by Gasteiger charge is -2.14. The minimum Gasteiger partial charge on any atom is -0.455 e. The van der Waals surface area contributed by atoms with E-state index in [1.165, 1.54) is 54.0 Å². The molecule has 0 aliphatic heterocycles. The Labute approximate surface area is 189 Å². The molecule has 0 unspecified atom stereocenters. The first-order chi connectivity index (χ1) is 16.4. The molecule has 8 rings (SSSR count).